The Hall–Kier alpha value is -0.820. The summed E-state index contributed by atoms with van der Waals surface area (Å²) in [7, 11) is 0. The van der Waals surface area contributed by atoms with Crippen molar-refractivity contribution < 1.29 is 0 Å². The molecule has 1 fully saturated rings. The molecule has 0 saturated heterocycles. The van der Waals surface area contributed by atoms with E-state index in [1.807, 2.05) is 6.08 Å². The van der Waals surface area contributed by atoms with Crippen LogP contribution in [0.5, 0.6) is 0 Å². The monoisotopic (exact) mass is 331 g/mol. The van der Waals surface area contributed by atoms with Crippen LogP contribution < -0.4 is 5.73 Å². The van der Waals surface area contributed by atoms with Gasteiger partial charge in [-0.15, -0.1) is 0 Å². The van der Waals surface area contributed by atoms with Gasteiger partial charge >= 0.3 is 0 Å². The molecule has 138 valence electrons. The Morgan fingerprint density at radius 2 is 1.50 bits per heavy atom. The van der Waals surface area contributed by atoms with Crippen molar-refractivity contribution >= 4 is 0 Å². The highest BCUT2D eigenvalue weighted by atomic mass is 14.7. The van der Waals surface area contributed by atoms with E-state index < -0.39 is 0 Å². The van der Waals surface area contributed by atoms with Gasteiger partial charge < -0.3 is 5.73 Å². The minimum Gasteiger partial charge on any atom is -0.327 e. The molecule has 2 N–H and O–H groups in total. The number of hydrogen-bond donors (Lipinski definition) is 1. The smallest absolute Gasteiger partial charge is 0.0145 e. The molecule has 1 aliphatic rings. The Morgan fingerprint density at radius 3 is 1.92 bits per heavy atom. The molecule has 24 heavy (non-hydrogen) atoms. The third-order valence-corrected chi connectivity index (χ3v) is 6.47. The third kappa shape index (κ3) is 3.87. The average molecular weight is 332 g/mol. The predicted octanol–water partition coefficient (Wildman–Crippen LogP) is 6.66. The van der Waals surface area contributed by atoms with Crippen molar-refractivity contribution in [1.82, 2.24) is 0 Å². The van der Waals surface area contributed by atoms with Crippen LogP contribution in [0.4, 0.5) is 0 Å². The standard InChI is InChI=1S/C23H41N/c1-11-14-18-17(12-2)21(6,7)16-23(10,13-3)19(24)22(8,9)15-20(18,4)5/h11-12,14,19H,1,13,15-16,24H2,2-10H3/b17-12+,18-14+. The molecule has 0 amide bonds. The van der Waals surface area contributed by atoms with Gasteiger partial charge in [0, 0.05) is 6.04 Å². The summed E-state index contributed by atoms with van der Waals surface area (Å²) in [5, 5.41) is 0. The van der Waals surface area contributed by atoms with Crippen molar-refractivity contribution in [3.8, 4) is 0 Å². The van der Waals surface area contributed by atoms with E-state index in [9.17, 15) is 0 Å². The molecule has 0 aromatic carbocycles. The lowest BCUT2D eigenvalue weighted by Crippen LogP contribution is -2.51. The zero-order chi connectivity index (χ0) is 19.0. The molecule has 2 atom stereocenters. The highest BCUT2D eigenvalue weighted by molar-refractivity contribution is 5.42. The largest absolute Gasteiger partial charge is 0.327 e. The second-order valence-corrected chi connectivity index (χ2v) is 10.1. The van der Waals surface area contributed by atoms with Gasteiger partial charge in [-0.2, -0.15) is 0 Å². The fourth-order valence-corrected chi connectivity index (χ4v) is 5.56. The Balaban J connectivity index is 3.72. The van der Waals surface area contributed by atoms with Gasteiger partial charge in [0.15, 0.2) is 0 Å². The maximum absolute atomic E-state index is 6.93. The van der Waals surface area contributed by atoms with E-state index >= 15 is 0 Å². The van der Waals surface area contributed by atoms with E-state index in [1.54, 1.807) is 0 Å². The molecule has 0 aromatic heterocycles. The molecule has 0 aromatic rings. The third-order valence-electron chi connectivity index (χ3n) is 6.47. The van der Waals surface area contributed by atoms with Crippen LogP contribution in [-0.4, -0.2) is 6.04 Å². The molecule has 1 saturated carbocycles. The van der Waals surface area contributed by atoms with Crippen LogP contribution in [0.15, 0.2) is 36.0 Å². The van der Waals surface area contributed by atoms with Crippen molar-refractivity contribution in [2.45, 2.75) is 87.6 Å². The zero-order valence-corrected chi connectivity index (χ0v) is 17.7. The van der Waals surface area contributed by atoms with E-state index in [0.29, 0.717) is 0 Å². The molecule has 0 heterocycles. The molecule has 0 radical (unpaired) electrons. The SMILES string of the molecule is C=C/C=C1\C(=C/C)C(C)(C)CC(C)(CC)C(N)C(C)(C)CC1(C)C. The van der Waals surface area contributed by atoms with E-state index in [2.05, 4.69) is 81.0 Å². The first kappa shape index (κ1) is 21.2. The van der Waals surface area contributed by atoms with Crippen LogP contribution in [0.3, 0.4) is 0 Å². The zero-order valence-electron chi connectivity index (χ0n) is 17.7. The summed E-state index contributed by atoms with van der Waals surface area (Å²) < 4.78 is 0. The fraction of sp³-hybridized carbons (Fsp3) is 0.739. The van der Waals surface area contributed by atoms with E-state index in [-0.39, 0.29) is 27.7 Å². The number of nitrogens with two attached hydrogens (primary N) is 1. The summed E-state index contributed by atoms with van der Waals surface area (Å²) in [4.78, 5) is 0. The van der Waals surface area contributed by atoms with Crippen molar-refractivity contribution in [3.05, 3.63) is 36.0 Å². The molecular weight excluding hydrogens is 290 g/mol. The number of hydrogen-bond acceptors (Lipinski definition) is 1. The molecule has 1 nitrogen and oxygen atoms in total. The summed E-state index contributed by atoms with van der Waals surface area (Å²) in [5.41, 5.74) is 10.2. The maximum atomic E-state index is 6.93. The fourth-order valence-electron chi connectivity index (χ4n) is 5.56. The van der Waals surface area contributed by atoms with E-state index in [0.717, 1.165) is 19.3 Å². The number of allylic oxidation sites excluding steroid dienone is 5. The summed E-state index contributed by atoms with van der Waals surface area (Å²) in [6.07, 6.45) is 9.78. The van der Waals surface area contributed by atoms with Gasteiger partial charge in [0.25, 0.3) is 0 Å². The lowest BCUT2D eigenvalue weighted by Gasteiger charge is -2.47. The molecule has 0 bridgehead atoms. The Kier molecular flexibility index (Phi) is 6.04. The summed E-state index contributed by atoms with van der Waals surface area (Å²) >= 11 is 0. The molecule has 1 rings (SSSR count). The first-order valence-corrected chi connectivity index (χ1v) is 9.53. The molecular formula is C23H41N. The topological polar surface area (TPSA) is 26.0 Å². The molecule has 0 spiro atoms. The van der Waals surface area contributed by atoms with Gasteiger partial charge in [-0.05, 0) is 59.0 Å². The van der Waals surface area contributed by atoms with Gasteiger partial charge in [-0.1, -0.05) is 80.2 Å². The van der Waals surface area contributed by atoms with Crippen LogP contribution in [0.2, 0.25) is 0 Å². The highest BCUT2D eigenvalue weighted by Crippen LogP contribution is 2.56. The Morgan fingerprint density at radius 1 is 1.00 bits per heavy atom. The van der Waals surface area contributed by atoms with Crippen molar-refractivity contribution in [3.63, 3.8) is 0 Å². The average Bonchev–Trinajstić information content (AvgIpc) is 2.44. The van der Waals surface area contributed by atoms with E-state index in [1.165, 1.54) is 11.1 Å². The van der Waals surface area contributed by atoms with Gasteiger partial charge in [0.05, 0.1) is 0 Å². The van der Waals surface area contributed by atoms with Gasteiger partial charge in [-0.3, -0.25) is 0 Å². The first-order chi connectivity index (χ1) is 10.8. The quantitative estimate of drug-likeness (QED) is 0.601. The lowest BCUT2D eigenvalue weighted by molar-refractivity contribution is 0.0680. The lowest BCUT2D eigenvalue weighted by atomic mass is 9.60. The van der Waals surface area contributed by atoms with Crippen LogP contribution >= 0.6 is 0 Å². The van der Waals surface area contributed by atoms with Crippen LogP contribution in [0, 0.1) is 21.7 Å². The van der Waals surface area contributed by atoms with Gasteiger partial charge in [-0.25, -0.2) is 0 Å². The molecule has 1 heteroatoms. The van der Waals surface area contributed by atoms with Crippen LogP contribution in [0.1, 0.15) is 81.6 Å². The van der Waals surface area contributed by atoms with Gasteiger partial charge in [0.2, 0.25) is 0 Å². The Bertz CT molecular complexity index is 530. The highest BCUT2D eigenvalue weighted by Gasteiger charge is 2.49. The minimum atomic E-state index is 0.0629. The summed E-state index contributed by atoms with van der Waals surface area (Å²) in [5.74, 6) is 0. The molecule has 2 unspecified atom stereocenters. The molecule has 1 aliphatic carbocycles. The van der Waals surface area contributed by atoms with Crippen molar-refractivity contribution in [2.75, 3.05) is 0 Å². The van der Waals surface area contributed by atoms with E-state index in [4.69, 9.17) is 5.73 Å². The molecule has 0 aliphatic heterocycles. The van der Waals surface area contributed by atoms with Crippen LogP contribution in [0.25, 0.3) is 0 Å². The summed E-state index contributed by atoms with van der Waals surface area (Å²) in [6, 6.07) is 0.176. The maximum Gasteiger partial charge on any atom is 0.0145 e. The Labute approximate surface area is 151 Å². The van der Waals surface area contributed by atoms with Crippen LogP contribution in [-0.2, 0) is 0 Å². The predicted molar refractivity (Wildman–Crippen MR) is 109 cm³/mol. The minimum absolute atomic E-state index is 0.0629. The van der Waals surface area contributed by atoms with Crippen molar-refractivity contribution in [2.24, 2.45) is 27.4 Å². The van der Waals surface area contributed by atoms with Crippen molar-refractivity contribution in [1.29, 1.82) is 0 Å². The van der Waals surface area contributed by atoms with Gasteiger partial charge in [0.1, 0.15) is 0 Å². The second-order valence-electron chi connectivity index (χ2n) is 10.1. The summed E-state index contributed by atoms with van der Waals surface area (Å²) in [6.45, 7) is 25.1. The number of rotatable bonds is 2. The first-order valence-electron chi connectivity index (χ1n) is 9.53. The second kappa shape index (κ2) is 6.83. The normalized spacial score (nSPS) is 36.0.